The molecule has 0 saturated carbocycles. The molecule has 0 spiro atoms. The van der Waals surface area contributed by atoms with Crippen LogP contribution in [0.2, 0.25) is 0 Å². The van der Waals surface area contributed by atoms with Crippen molar-refractivity contribution in [2.24, 2.45) is 0 Å². The maximum Gasteiger partial charge on any atom is 0.334 e. The van der Waals surface area contributed by atoms with E-state index < -0.39 is 13.7 Å². The zero-order valence-corrected chi connectivity index (χ0v) is 12.0. The van der Waals surface area contributed by atoms with E-state index in [1.165, 1.54) is 0 Å². The fourth-order valence-electron chi connectivity index (χ4n) is 1.39. The van der Waals surface area contributed by atoms with E-state index in [2.05, 4.69) is 6.92 Å². The first kappa shape index (κ1) is 16.9. The summed E-state index contributed by atoms with van der Waals surface area (Å²) in [6, 6.07) is 0. The normalized spacial score (nSPS) is 14.4. The molecular weight excluding hydrogens is 239 g/mol. The Kier molecular flexibility index (Phi) is 9.75. The lowest BCUT2D eigenvalue weighted by Crippen LogP contribution is -2.03. The quantitative estimate of drug-likeness (QED) is 0.485. The lowest BCUT2D eigenvalue weighted by molar-refractivity contribution is 0.208. The van der Waals surface area contributed by atoms with E-state index in [-0.39, 0.29) is 6.16 Å². The molecule has 0 aliphatic carbocycles. The average Bonchev–Trinajstić information content (AvgIpc) is 2.27. The van der Waals surface area contributed by atoms with Crippen LogP contribution in [0.4, 0.5) is 0 Å². The van der Waals surface area contributed by atoms with Gasteiger partial charge in [-0.2, -0.15) is 0 Å². The van der Waals surface area contributed by atoms with E-state index >= 15 is 0 Å². The van der Waals surface area contributed by atoms with Crippen LogP contribution in [-0.2, 0) is 13.6 Å². The lowest BCUT2D eigenvalue weighted by Gasteiger charge is -2.15. The Morgan fingerprint density at radius 3 is 2.29 bits per heavy atom. The van der Waals surface area contributed by atoms with Gasteiger partial charge in [0.15, 0.2) is 0 Å². The molecule has 0 amide bonds. The van der Waals surface area contributed by atoms with Gasteiger partial charge in [0.1, 0.15) is 0 Å². The summed E-state index contributed by atoms with van der Waals surface area (Å²) in [5.74, 6) is 0. The Morgan fingerprint density at radius 2 is 1.82 bits per heavy atom. The average molecular weight is 264 g/mol. The van der Waals surface area contributed by atoms with Gasteiger partial charge >= 0.3 is 7.60 Å². The molecule has 17 heavy (non-hydrogen) atoms. The minimum Gasteiger partial charge on any atom is -0.389 e. The summed E-state index contributed by atoms with van der Waals surface area (Å²) in [4.78, 5) is 0. The summed E-state index contributed by atoms with van der Waals surface area (Å²) >= 11 is 0. The Hall–Kier alpha value is -0.150. The highest BCUT2D eigenvalue weighted by Crippen LogP contribution is 2.47. The third-order valence-corrected chi connectivity index (χ3v) is 4.15. The number of hydrogen-bond donors (Lipinski definition) is 1. The summed E-state index contributed by atoms with van der Waals surface area (Å²) in [6.07, 6.45) is 5.89. The van der Waals surface area contributed by atoms with Crippen LogP contribution in [0.5, 0.6) is 0 Å². The number of hydrogen-bond acceptors (Lipinski definition) is 4. The van der Waals surface area contributed by atoms with Crippen LogP contribution in [0.15, 0.2) is 12.2 Å². The molecule has 0 heterocycles. The van der Waals surface area contributed by atoms with E-state index in [9.17, 15) is 9.67 Å². The molecule has 1 N–H and O–H groups in total. The minimum atomic E-state index is -3.00. The van der Waals surface area contributed by atoms with Crippen LogP contribution < -0.4 is 0 Å². The third kappa shape index (κ3) is 8.56. The summed E-state index contributed by atoms with van der Waals surface area (Å²) in [5.41, 5.74) is 0. The summed E-state index contributed by atoms with van der Waals surface area (Å²) < 4.78 is 22.3. The van der Waals surface area contributed by atoms with Gasteiger partial charge in [0.25, 0.3) is 0 Å². The second kappa shape index (κ2) is 9.84. The summed E-state index contributed by atoms with van der Waals surface area (Å²) in [5, 5.41) is 9.58. The Morgan fingerprint density at radius 1 is 1.24 bits per heavy atom. The van der Waals surface area contributed by atoms with Crippen LogP contribution >= 0.6 is 7.60 Å². The van der Waals surface area contributed by atoms with E-state index in [1.807, 2.05) is 0 Å². The molecule has 102 valence electrons. The molecule has 0 unspecified atom stereocenters. The Bertz CT molecular complexity index is 243. The van der Waals surface area contributed by atoms with Crippen molar-refractivity contribution in [2.45, 2.75) is 46.1 Å². The molecule has 1 atom stereocenters. The molecule has 0 radical (unpaired) electrons. The number of rotatable bonds is 10. The van der Waals surface area contributed by atoms with Crippen molar-refractivity contribution in [3.8, 4) is 0 Å². The van der Waals surface area contributed by atoms with Gasteiger partial charge in [0.05, 0.1) is 25.5 Å². The first-order valence-electron chi connectivity index (χ1n) is 6.30. The lowest BCUT2D eigenvalue weighted by atomic mass is 10.1. The molecule has 0 rings (SSSR count). The van der Waals surface area contributed by atoms with Crippen molar-refractivity contribution in [3.63, 3.8) is 0 Å². The molecule has 0 aromatic carbocycles. The fourth-order valence-corrected chi connectivity index (χ4v) is 2.84. The van der Waals surface area contributed by atoms with Crippen LogP contribution in [0.1, 0.15) is 40.0 Å². The van der Waals surface area contributed by atoms with Crippen LogP contribution in [0.3, 0.4) is 0 Å². The van der Waals surface area contributed by atoms with Crippen molar-refractivity contribution in [2.75, 3.05) is 19.4 Å². The van der Waals surface area contributed by atoms with E-state index in [4.69, 9.17) is 9.05 Å². The van der Waals surface area contributed by atoms with Crippen molar-refractivity contribution in [3.05, 3.63) is 12.2 Å². The minimum absolute atomic E-state index is 0.220. The van der Waals surface area contributed by atoms with Crippen LogP contribution in [0, 0.1) is 0 Å². The molecule has 0 aliphatic rings. The number of aliphatic hydroxyl groups is 1. The smallest absolute Gasteiger partial charge is 0.334 e. The first-order chi connectivity index (χ1) is 8.08. The standard InChI is InChI=1S/C12H25O4P/c1-4-7-9-12(13)10-8-11-17(14,15-5-2)16-6-3/h8,10,12-13H,4-7,9,11H2,1-3H3/b10-8+/t12-/m0/s1. The van der Waals surface area contributed by atoms with Gasteiger partial charge < -0.3 is 14.2 Å². The van der Waals surface area contributed by atoms with Crippen molar-refractivity contribution in [1.29, 1.82) is 0 Å². The maximum atomic E-state index is 12.0. The monoisotopic (exact) mass is 264 g/mol. The number of unbranched alkanes of at least 4 members (excludes halogenated alkanes) is 1. The molecule has 0 saturated heterocycles. The van der Waals surface area contributed by atoms with Gasteiger partial charge in [-0.3, -0.25) is 4.57 Å². The van der Waals surface area contributed by atoms with Gasteiger partial charge in [-0.15, -0.1) is 0 Å². The van der Waals surface area contributed by atoms with Crippen molar-refractivity contribution >= 4 is 7.60 Å². The number of aliphatic hydroxyl groups excluding tert-OH is 1. The molecule has 5 heteroatoms. The second-order valence-corrected chi connectivity index (χ2v) is 5.87. The van der Waals surface area contributed by atoms with Crippen molar-refractivity contribution in [1.82, 2.24) is 0 Å². The summed E-state index contributed by atoms with van der Waals surface area (Å²) in [7, 11) is -3.00. The Labute approximate surface area is 105 Å². The topological polar surface area (TPSA) is 55.8 Å². The Balaban J connectivity index is 4.11. The first-order valence-corrected chi connectivity index (χ1v) is 8.03. The molecule has 4 nitrogen and oxygen atoms in total. The zero-order valence-electron chi connectivity index (χ0n) is 11.1. The molecular formula is C12H25O4P. The van der Waals surface area contributed by atoms with Gasteiger partial charge in [-0.25, -0.2) is 0 Å². The molecule has 0 fully saturated rings. The van der Waals surface area contributed by atoms with Gasteiger partial charge in [-0.05, 0) is 20.3 Å². The van der Waals surface area contributed by atoms with E-state index in [0.717, 1.165) is 19.3 Å². The highest BCUT2D eigenvalue weighted by atomic mass is 31.2. The van der Waals surface area contributed by atoms with Crippen LogP contribution in [-0.4, -0.2) is 30.6 Å². The fraction of sp³-hybridized carbons (Fsp3) is 0.833. The highest BCUT2D eigenvalue weighted by molar-refractivity contribution is 7.54. The predicted octanol–water partition coefficient (Wildman–Crippen LogP) is 3.36. The second-order valence-electron chi connectivity index (χ2n) is 3.77. The zero-order chi connectivity index (χ0) is 13.1. The highest BCUT2D eigenvalue weighted by Gasteiger charge is 2.21. The van der Waals surface area contributed by atoms with E-state index in [0.29, 0.717) is 13.2 Å². The third-order valence-electron chi connectivity index (χ3n) is 2.19. The molecule has 0 bridgehead atoms. The molecule has 0 aromatic rings. The molecule has 0 aromatic heterocycles. The molecule has 0 aliphatic heterocycles. The van der Waals surface area contributed by atoms with Gasteiger partial charge in [0.2, 0.25) is 0 Å². The van der Waals surface area contributed by atoms with Crippen LogP contribution in [0.25, 0.3) is 0 Å². The van der Waals surface area contributed by atoms with Crippen molar-refractivity contribution < 1.29 is 18.7 Å². The number of allylic oxidation sites excluding steroid dienone is 1. The van der Waals surface area contributed by atoms with Gasteiger partial charge in [0, 0.05) is 0 Å². The van der Waals surface area contributed by atoms with E-state index in [1.54, 1.807) is 26.0 Å². The van der Waals surface area contributed by atoms with Gasteiger partial charge in [-0.1, -0.05) is 31.9 Å². The predicted molar refractivity (Wildman–Crippen MR) is 70.4 cm³/mol. The maximum absolute atomic E-state index is 12.0. The largest absolute Gasteiger partial charge is 0.389 e. The summed E-state index contributed by atoms with van der Waals surface area (Å²) in [6.45, 7) is 6.37. The SMILES string of the molecule is CCCC[C@H](O)/C=C/CP(=O)(OCC)OCC.